The maximum atomic E-state index is 12.4. The second-order valence-electron chi connectivity index (χ2n) is 5.94. The zero-order chi connectivity index (χ0) is 16.6. The van der Waals surface area contributed by atoms with Gasteiger partial charge >= 0.3 is 0 Å². The van der Waals surface area contributed by atoms with E-state index in [0.29, 0.717) is 37.2 Å². The van der Waals surface area contributed by atoms with Gasteiger partial charge in [-0.15, -0.1) is 0 Å². The first-order valence-electron chi connectivity index (χ1n) is 7.66. The van der Waals surface area contributed by atoms with Crippen molar-refractivity contribution in [1.82, 2.24) is 9.80 Å². The minimum absolute atomic E-state index is 0.0203. The Morgan fingerprint density at radius 2 is 1.78 bits per heavy atom. The Morgan fingerprint density at radius 3 is 2.35 bits per heavy atom. The summed E-state index contributed by atoms with van der Waals surface area (Å²) in [5, 5.41) is 0. The van der Waals surface area contributed by atoms with Gasteiger partial charge in [0.25, 0.3) is 5.91 Å². The highest BCUT2D eigenvalue weighted by Gasteiger charge is 2.34. The molecule has 6 nitrogen and oxygen atoms in total. The highest BCUT2D eigenvalue weighted by Crippen LogP contribution is 2.31. The van der Waals surface area contributed by atoms with Crippen LogP contribution in [0.15, 0.2) is 30.8 Å². The molecule has 0 unspecified atom stereocenters. The fourth-order valence-corrected chi connectivity index (χ4v) is 3.15. The van der Waals surface area contributed by atoms with Crippen LogP contribution in [-0.2, 0) is 9.59 Å². The van der Waals surface area contributed by atoms with Gasteiger partial charge in [-0.2, -0.15) is 0 Å². The smallest absolute Gasteiger partial charge is 0.259 e. The molecule has 0 aliphatic carbocycles. The van der Waals surface area contributed by atoms with Crippen molar-refractivity contribution < 1.29 is 14.4 Å². The highest BCUT2D eigenvalue weighted by molar-refractivity contribution is 6.10. The van der Waals surface area contributed by atoms with Crippen molar-refractivity contribution in [2.75, 3.05) is 19.6 Å². The quantitative estimate of drug-likeness (QED) is 0.897. The van der Waals surface area contributed by atoms with Crippen molar-refractivity contribution in [3.05, 3.63) is 42.0 Å². The van der Waals surface area contributed by atoms with Crippen LogP contribution in [-0.4, -0.2) is 47.2 Å². The van der Waals surface area contributed by atoms with Crippen LogP contribution in [0.25, 0.3) is 5.70 Å². The van der Waals surface area contributed by atoms with Gasteiger partial charge in [-0.1, -0.05) is 24.8 Å². The monoisotopic (exact) mass is 313 g/mol. The van der Waals surface area contributed by atoms with E-state index in [9.17, 15) is 14.4 Å². The number of amides is 3. The molecule has 3 rings (SSSR count). The lowest BCUT2D eigenvalue weighted by Crippen LogP contribution is -2.45. The number of fused-ring (bicyclic) bond motifs is 1. The van der Waals surface area contributed by atoms with Gasteiger partial charge in [-0.05, 0) is 18.9 Å². The number of rotatable bonds is 3. The normalized spacial score (nSPS) is 18.3. The Hall–Kier alpha value is -2.63. The molecule has 6 heteroatoms. The van der Waals surface area contributed by atoms with Crippen LogP contribution in [0.3, 0.4) is 0 Å². The maximum Gasteiger partial charge on any atom is 0.259 e. The van der Waals surface area contributed by atoms with Crippen molar-refractivity contribution >= 4 is 23.4 Å². The molecular formula is C17H19N3O3. The molecule has 1 aromatic rings. The molecule has 2 aliphatic rings. The molecule has 0 saturated carbocycles. The van der Waals surface area contributed by atoms with Crippen molar-refractivity contribution in [1.29, 1.82) is 0 Å². The lowest BCUT2D eigenvalue weighted by atomic mass is 9.96. The van der Waals surface area contributed by atoms with Gasteiger partial charge in [0.15, 0.2) is 0 Å². The summed E-state index contributed by atoms with van der Waals surface area (Å²) < 4.78 is 0. The van der Waals surface area contributed by atoms with Gasteiger partial charge in [0.05, 0.1) is 0 Å². The third-order valence-electron chi connectivity index (χ3n) is 4.58. The predicted molar refractivity (Wildman–Crippen MR) is 85.0 cm³/mol. The van der Waals surface area contributed by atoms with E-state index in [-0.39, 0.29) is 30.2 Å². The first-order chi connectivity index (χ1) is 11.0. The maximum absolute atomic E-state index is 12.4. The lowest BCUT2D eigenvalue weighted by Gasteiger charge is -2.31. The number of carbonyl (C=O) groups is 3. The van der Waals surface area contributed by atoms with Crippen molar-refractivity contribution in [2.45, 2.75) is 12.8 Å². The number of carbonyl (C=O) groups excluding carboxylic acids is 3. The summed E-state index contributed by atoms with van der Waals surface area (Å²) in [6.07, 6.45) is 1.16. The Morgan fingerprint density at radius 1 is 1.17 bits per heavy atom. The Bertz CT molecular complexity index is 655. The number of hydrogen-bond acceptors (Lipinski definition) is 3. The average Bonchev–Trinajstić information content (AvgIpc) is 2.80. The van der Waals surface area contributed by atoms with Gasteiger partial charge in [0.2, 0.25) is 11.8 Å². The predicted octanol–water partition coefficient (Wildman–Crippen LogP) is 0.837. The number of benzene rings is 1. The molecule has 2 heterocycles. The fourth-order valence-electron chi connectivity index (χ4n) is 3.15. The van der Waals surface area contributed by atoms with E-state index in [0.717, 1.165) is 5.56 Å². The van der Waals surface area contributed by atoms with Crippen molar-refractivity contribution in [3.8, 4) is 0 Å². The number of hydrogen-bond donors (Lipinski definition) is 1. The van der Waals surface area contributed by atoms with Crippen LogP contribution < -0.4 is 5.73 Å². The molecule has 0 aromatic heterocycles. The van der Waals surface area contributed by atoms with Gasteiger partial charge in [0.1, 0.15) is 6.54 Å². The lowest BCUT2D eigenvalue weighted by molar-refractivity contribution is -0.134. The summed E-state index contributed by atoms with van der Waals surface area (Å²) in [6.45, 7) is 4.90. The van der Waals surface area contributed by atoms with Crippen LogP contribution >= 0.6 is 0 Å². The molecular weight excluding hydrogens is 294 g/mol. The van der Waals surface area contributed by atoms with Gasteiger partial charge in [-0.3, -0.25) is 19.3 Å². The molecule has 1 saturated heterocycles. The summed E-state index contributed by atoms with van der Waals surface area (Å²) >= 11 is 0. The first-order valence-corrected chi connectivity index (χ1v) is 7.66. The molecule has 1 aromatic carbocycles. The summed E-state index contributed by atoms with van der Waals surface area (Å²) in [4.78, 5) is 39.1. The van der Waals surface area contributed by atoms with E-state index in [1.807, 2.05) is 12.1 Å². The van der Waals surface area contributed by atoms with E-state index >= 15 is 0 Å². The first kappa shape index (κ1) is 15.3. The summed E-state index contributed by atoms with van der Waals surface area (Å²) in [7, 11) is 0. The van der Waals surface area contributed by atoms with E-state index in [2.05, 4.69) is 6.58 Å². The second kappa shape index (κ2) is 5.87. The fraction of sp³-hybridized carbons (Fsp3) is 0.353. The minimum Gasteiger partial charge on any atom is -0.369 e. The van der Waals surface area contributed by atoms with Crippen LogP contribution in [0.4, 0.5) is 0 Å². The largest absolute Gasteiger partial charge is 0.369 e. The second-order valence-corrected chi connectivity index (χ2v) is 5.94. The van der Waals surface area contributed by atoms with E-state index in [1.165, 1.54) is 4.90 Å². The van der Waals surface area contributed by atoms with Crippen LogP contribution in [0.2, 0.25) is 0 Å². The van der Waals surface area contributed by atoms with Crippen LogP contribution in [0.5, 0.6) is 0 Å². The van der Waals surface area contributed by atoms with E-state index in [4.69, 9.17) is 5.73 Å². The molecule has 0 atom stereocenters. The minimum atomic E-state index is -0.310. The van der Waals surface area contributed by atoms with E-state index in [1.54, 1.807) is 17.0 Å². The van der Waals surface area contributed by atoms with Crippen molar-refractivity contribution in [3.63, 3.8) is 0 Å². The van der Waals surface area contributed by atoms with Gasteiger partial charge in [0, 0.05) is 35.8 Å². The summed E-state index contributed by atoms with van der Waals surface area (Å²) in [6, 6.07) is 7.21. The van der Waals surface area contributed by atoms with Crippen LogP contribution in [0.1, 0.15) is 28.8 Å². The molecule has 2 N–H and O–H groups in total. The van der Waals surface area contributed by atoms with Gasteiger partial charge in [-0.25, -0.2) is 0 Å². The molecule has 0 bridgehead atoms. The molecule has 2 aliphatic heterocycles. The topological polar surface area (TPSA) is 83.7 Å². The van der Waals surface area contributed by atoms with Crippen LogP contribution in [0, 0.1) is 5.92 Å². The molecule has 3 amide bonds. The molecule has 0 spiro atoms. The average molecular weight is 313 g/mol. The molecule has 1 fully saturated rings. The SMILES string of the molecule is C=C1c2ccccc2C(=O)N1CC(=O)N1CCC(C(N)=O)CC1. The number of likely N-dealkylation sites (tertiary alicyclic amines) is 1. The number of nitrogens with two attached hydrogens (primary N) is 1. The molecule has 23 heavy (non-hydrogen) atoms. The van der Waals surface area contributed by atoms with Gasteiger partial charge < -0.3 is 10.6 Å². The zero-order valence-electron chi connectivity index (χ0n) is 12.8. The number of piperidine rings is 1. The third-order valence-corrected chi connectivity index (χ3v) is 4.58. The Balaban J connectivity index is 1.65. The molecule has 120 valence electrons. The Labute approximate surface area is 134 Å². The summed E-state index contributed by atoms with van der Waals surface area (Å²) in [5.74, 6) is -0.788. The Kier molecular flexibility index (Phi) is 3.90. The number of nitrogens with zero attached hydrogens (tertiary/aromatic N) is 2. The zero-order valence-corrected chi connectivity index (χ0v) is 12.8. The van der Waals surface area contributed by atoms with E-state index < -0.39 is 0 Å². The summed E-state index contributed by atoms with van der Waals surface area (Å²) in [5.41, 5.74) is 7.22. The van der Waals surface area contributed by atoms with Crippen molar-refractivity contribution in [2.24, 2.45) is 11.7 Å². The standard InChI is InChI=1S/C17H19N3O3/c1-11-13-4-2-3-5-14(13)17(23)20(11)10-15(21)19-8-6-12(7-9-19)16(18)22/h2-5,12H,1,6-10H2,(H2,18,22). The highest BCUT2D eigenvalue weighted by atomic mass is 16.2. The number of primary amides is 1. The molecule has 0 radical (unpaired) electrons. The third kappa shape index (κ3) is 2.72.